The van der Waals surface area contributed by atoms with Crippen molar-refractivity contribution in [2.75, 3.05) is 26.9 Å². The second kappa shape index (κ2) is 9.10. The Hall–Kier alpha value is -1.92. The van der Waals surface area contributed by atoms with Crippen molar-refractivity contribution in [1.29, 1.82) is 0 Å². The Labute approximate surface area is 124 Å². The van der Waals surface area contributed by atoms with Crippen molar-refractivity contribution in [3.8, 4) is 5.75 Å². The third-order valence-corrected chi connectivity index (χ3v) is 2.84. The maximum atomic E-state index is 10.9. The van der Waals surface area contributed by atoms with Gasteiger partial charge in [0.15, 0.2) is 0 Å². The minimum Gasteiger partial charge on any atom is -0.493 e. The molecule has 0 bridgehead atoms. The van der Waals surface area contributed by atoms with E-state index in [4.69, 9.17) is 9.47 Å². The lowest BCUT2D eigenvalue weighted by atomic mass is 10.1. The topological polar surface area (TPSA) is 73.6 Å². The van der Waals surface area contributed by atoms with Gasteiger partial charge in [0.25, 0.3) is 5.69 Å². The second-order valence-corrected chi connectivity index (χ2v) is 4.77. The van der Waals surface area contributed by atoms with Crippen LogP contribution in [0.15, 0.2) is 30.4 Å². The quantitative estimate of drug-likeness (QED) is 0.311. The van der Waals surface area contributed by atoms with E-state index in [2.05, 4.69) is 11.9 Å². The highest BCUT2D eigenvalue weighted by Gasteiger charge is 2.11. The average Bonchev–Trinajstić information content (AvgIpc) is 2.44. The highest BCUT2D eigenvalue weighted by atomic mass is 16.6. The van der Waals surface area contributed by atoms with E-state index in [1.54, 1.807) is 13.2 Å². The van der Waals surface area contributed by atoms with Crippen LogP contribution in [0.1, 0.15) is 18.9 Å². The number of hydrogen-bond donors (Lipinski definition) is 1. The predicted octanol–water partition coefficient (Wildman–Crippen LogP) is 2.68. The minimum absolute atomic E-state index is 0.0609. The largest absolute Gasteiger partial charge is 0.493 e. The number of nitrogens with zero attached hydrogens (tertiary/aromatic N) is 1. The molecule has 0 unspecified atom stereocenters. The summed E-state index contributed by atoms with van der Waals surface area (Å²) in [5.41, 5.74) is 1.87. The Kier molecular flexibility index (Phi) is 7.42. The predicted molar refractivity (Wildman–Crippen MR) is 81.6 cm³/mol. The Morgan fingerprint density at radius 3 is 2.81 bits per heavy atom. The van der Waals surface area contributed by atoms with Crippen molar-refractivity contribution in [2.45, 2.75) is 19.9 Å². The fourth-order valence-corrected chi connectivity index (χ4v) is 1.69. The van der Waals surface area contributed by atoms with Crippen LogP contribution >= 0.6 is 0 Å². The van der Waals surface area contributed by atoms with Gasteiger partial charge in [-0.3, -0.25) is 10.1 Å². The second-order valence-electron chi connectivity index (χ2n) is 4.77. The molecular weight excluding hydrogens is 272 g/mol. The van der Waals surface area contributed by atoms with E-state index in [1.807, 2.05) is 6.92 Å². The zero-order valence-electron chi connectivity index (χ0n) is 12.6. The molecule has 0 aliphatic heterocycles. The Bertz CT molecular complexity index is 489. The van der Waals surface area contributed by atoms with Crippen molar-refractivity contribution in [3.05, 3.63) is 46.0 Å². The summed E-state index contributed by atoms with van der Waals surface area (Å²) in [7, 11) is 1.63. The molecule has 1 rings (SSSR count). The van der Waals surface area contributed by atoms with Gasteiger partial charge in [-0.2, -0.15) is 0 Å². The maximum absolute atomic E-state index is 10.9. The summed E-state index contributed by atoms with van der Waals surface area (Å²) in [5, 5.41) is 14.0. The van der Waals surface area contributed by atoms with Gasteiger partial charge in [-0.25, -0.2) is 0 Å². The van der Waals surface area contributed by atoms with Crippen LogP contribution in [-0.4, -0.2) is 31.8 Å². The molecule has 1 N–H and O–H groups in total. The number of benzene rings is 1. The first-order valence-corrected chi connectivity index (χ1v) is 6.78. The van der Waals surface area contributed by atoms with Gasteiger partial charge in [0.1, 0.15) is 5.75 Å². The van der Waals surface area contributed by atoms with Gasteiger partial charge in [0.2, 0.25) is 0 Å². The molecule has 1 aromatic carbocycles. The van der Waals surface area contributed by atoms with E-state index in [0.29, 0.717) is 32.1 Å². The van der Waals surface area contributed by atoms with Crippen molar-refractivity contribution >= 4 is 5.69 Å². The normalized spacial score (nSPS) is 10.4. The molecule has 116 valence electrons. The monoisotopic (exact) mass is 294 g/mol. The van der Waals surface area contributed by atoms with Crippen LogP contribution in [0.2, 0.25) is 0 Å². The molecule has 0 aliphatic rings. The lowest BCUT2D eigenvalue weighted by molar-refractivity contribution is -0.384. The van der Waals surface area contributed by atoms with Crippen LogP contribution in [0.3, 0.4) is 0 Å². The Morgan fingerprint density at radius 2 is 2.19 bits per heavy atom. The van der Waals surface area contributed by atoms with Gasteiger partial charge in [-0.05, 0) is 13.0 Å². The van der Waals surface area contributed by atoms with Crippen LogP contribution in [0.4, 0.5) is 5.69 Å². The zero-order valence-corrected chi connectivity index (χ0v) is 12.6. The van der Waals surface area contributed by atoms with Crippen LogP contribution in [0, 0.1) is 10.1 Å². The number of non-ortho nitro benzene ring substituents is 1. The van der Waals surface area contributed by atoms with Crippen molar-refractivity contribution in [2.24, 2.45) is 0 Å². The summed E-state index contributed by atoms with van der Waals surface area (Å²) in [4.78, 5) is 10.5. The minimum atomic E-state index is -0.406. The standard InChI is InChI=1S/C15H22N2O4/c1-12(2)6-8-21-15-5-4-14(17(18)19)10-13(15)11-16-7-9-20-3/h4-5,10,16H,1,6-9,11H2,2-3H3. The molecule has 0 heterocycles. The molecule has 0 atom stereocenters. The third-order valence-electron chi connectivity index (χ3n) is 2.84. The van der Waals surface area contributed by atoms with Crippen LogP contribution in [0.5, 0.6) is 5.75 Å². The molecular formula is C15H22N2O4. The molecule has 0 spiro atoms. The number of nitro benzene ring substituents is 1. The van der Waals surface area contributed by atoms with E-state index in [1.165, 1.54) is 12.1 Å². The molecule has 6 heteroatoms. The SMILES string of the molecule is C=C(C)CCOc1ccc([N+](=O)[O-])cc1CNCCOC. The fraction of sp³-hybridized carbons (Fsp3) is 0.467. The molecule has 21 heavy (non-hydrogen) atoms. The molecule has 6 nitrogen and oxygen atoms in total. The molecule has 1 aromatic rings. The van der Waals surface area contributed by atoms with E-state index >= 15 is 0 Å². The smallest absolute Gasteiger partial charge is 0.270 e. The summed E-state index contributed by atoms with van der Waals surface area (Å²) >= 11 is 0. The molecule has 0 amide bonds. The zero-order chi connectivity index (χ0) is 15.7. The van der Waals surface area contributed by atoms with Crippen LogP contribution in [0.25, 0.3) is 0 Å². The molecule has 0 saturated heterocycles. The number of rotatable bonds is 10. The first-order valence-electron chi connectivity index (χ1n) is 6.78. The molecule has 0 aromatic heterocycles. The van der Waals surface area contributed by atoms with Crippen molar-refractivity contribution < 1.29 is 14.4 Å². The molecule has 0 aliphatic carbocycles. The van der Waals surface area contributed by atoms with Crippen LogP contribution < -0.4 is 10.1 Å². The summed E-state index contributed by atoms with van der Waals surface area (Å²) in [5.74, 6) is 0.659. The Morgan fingerprint density at radius 1 is 1.43 bits per heavy atom. The van der Waals surface area contributed by atoms with Crippen molar-refractivity contribution in [1.82, 2.24) is 5.32 Å². The van der Waals surface area contributed by atoms with Gasteiger partial charge >= 0.3 is 0 Å². The molecule has 0 radical (unpaired) electrons. The lowest BCUT2D eigenvalue weighted by Crippen LogP contribution is -2.19. The number of hydrogen-bond acceptors (Lipinski definition) is 5. The fourth-order valence-electron chi connectivity index (χ4n) is 1.69. The van der Waals surface area contributed by atoms with Gasteiger partial charge in [-0.15, -0.1) is 6.58 Å². The van der Waals surface area contributed by atoms with Gasteiger partial charge in [0, 0.05) is 44.3 Å². The van der Waals surface area contributed by atoms with Crippen molar-refractivity contribution in [3.63, 3.8) is 0 Å². The number of nitro groups is 1. The first-order chi connectivity index (χ1) is 10.0. The summed E-state index contributed by atoms with van der Waals surface area (Å²) in [6.45, 7) is 8.02. The average molecular weight is 294 g/mol. The number of nitrogens with one attached hydrogen (secondary N) is 1. The summed E-state index contributed by atoms with van der Waals surface area (Å²) in [6, 6.07) is 4.63. The third kappa shape index (κ3) is 6.37. The molecule has 0 saturated carbocycles. The molecule has 0 fully saturated rings. The highest BCUT2D eigenvalue weighted by Crippen LogP contribution is 2.24. The van der Waals surface area contributed by atoms with E-state index in [-0.39, 0.29) is 5.69 Å². The van der Waals surface area contributed by atoms with Gasteiger partial charge in [-0.1, -0.05) is 5.57 Å². The van der Waals surface area contributed by atoms with Crippen LogP contribution in [-0.2, 0) is 11.3 Å². The number of ether oxygens (including phenoxy) is 2. The Balaban J connectivity index is 2.73. The van der Waals surface area contributed by atoms with Gasteiger partial charge in [0.05, 0.1) is 18.1 Å². The summed E-state index contributed by atoms with van der Waals surface area (Å²) < 4.78 is 10.6. The van der Waals surface area contributed by atoms with Gasteiger partial charge < -0.3 is 14.8 Å². The van der Waals surface area contributed by atoms with E-state index in [0.717, 1.165) is 17.6 Å². The maximum Gasteiger partial charge on any atom is 0.270 e. The first kappa shape index (κ1) is 17.1. The van der Waals surface area contributed by atoms with E-state index in [9.17, 15) is 10.1 Å². The summed E-state index contributed by atoms with van der Waals surface area (Å²) in [6.07, 6.45) is 0.757. The number of methoxy groups -OCH3 is 1. The lowest BCUT2D eigenvalue weighted by Gasteiger charge is -2.12. The highest BCUT2D eigenvalue weighted by molar-refractivity contribution is 5.43. The van der Waals surface area contributed by atoms with E-state index < -0.39 is 4.92 Å².